The Morgan fingerprint density at radius 2 is 2.00 bits per heavy atom. The van der Waals surface area contributed by atoms with Crippen LogP contribution < -0.4 is 0 Å². The molecule has 1 aliphatic rings. The predicted octanol–water partition coefficient (Wildman–Crippen LogP) is 2.69. The second-order valence-electron chi connectivity index (χ2n) is 3.37. The molecule has 0 aromatic rings. The fourth-order valence-corrected chi connectivity index (χ4v) is 2.06. The molecular formula is C9H18IN. The van der Waals surface area contributed by atoms with Crippen LogP contribution >= 0.6 is 22.6 Å². The van der Waals surface area contributed by atoms with Gasteiger partial charge >= 0.3 is 0 Å². The third-order valence-electron chi connectivity index (χ3n) is 2.35. The molecule has 0 aromatic heterocycles. The zero-order chi connectivity index (χ0) is 8.10. The van der Waals surface area contributed by atoms with Gasteiger partial charge in [-0.2, -0.15) is 0 Å². The van der Waals surface area contributed by atoms with Gasteiger partial charge in [-0.3, -0.25) is 0 Å². The fourth-order valence-electron chi connectivity index (χ4n) is 1.51. The van der Waals surface area contributed by atoms with Gasteiger partial charge in [0.2, 0.25) is 0 Å². The van der Waals surface area contributed by atoms with Gasteiger partial charge in [0.15, 0.2) is 0 Å². The monoisotopic (exact) mass is 267 g/mol. The molecule has 1 heterocycles. The first-order valence-corrected chi connectivity index (χ1v) is 5.94. The molecule has 0 aliphatic carbocycles. The highest BCUT2D eigenvalue weighted by molar-refractivity contribution is 14.1. The van der Waals surface area contributed by atoms with E-state index in [0.29, 0.717) is 0 Å². The summed E-state index contributed by atoms with van der Waals surface area (Å²) < 4.78 is 0.950. The smallest absolute Gasteiger partial charge is 0.0134 e. The van der Waals surface area contributed by atoms with Crippen molar-refractivity contribution in [1.29, 1.82) is 0 Å². The van der Waals surface area contributed by atoms with Crippen molar-refractivity contribution in [2.45, 2.75) is 36.5 Å². The topological polar surface area (TPSA) is 3.24 Å². The molecule has 0 atom stereocenters. The highest BCUT2D eigenvalue weighted by atomic mass is 127. The van der Waals surface area contributed by atoms with Gasteiger partial charge in [-0.25, -0.2) is 0 Å². The Balaban J connectivity index is 2.07. The summed E-state index contributed by atoms with van der Waals surface area (Å²) in [5, 5.41) is 0. The Labute approximate surface area is 83.7 Å². The van der Waals surface area contributed by atoms with Crippen molar-refractivity contribution in [3.8, 4) is 0 Å². The number of hydrogen-bond donors (Lipinski definition) is 0. The molecule has 0 unspecified atom stereocenters. The van der Waals surface area contributed by atoms with Crippen molar-refractivity contribution in [2.24, 2.45) is 0 Å². The number of alkyl halides is 1. The Morgan fingerprint density at radius 3 is 2.55 bits per heavy atom. The molecule has 2 heteroatoms. The maximum atomic E-state index is 2.61. The van der Waals surface area contributed by atoms with Gasteiger partial charge in [-0.15, -0.1) is 0 Å². The lowest BCUT2D eigenvalue weighted by atomic mass is 10.1. The van der Waals surface area contributed by atoms with E-state index in [1.165, 1.54) is 45.3 Å². The van der Waals surface area contributed by atoms with Crippen molar-refractivity contribution in [3.63, 3.8) is 0 Å². The van der Waals surface area contributed by atoms with Crippen molar-refractivity contribution in [2.75, 3.05) is 19.6 Å². The van der Waals surface area contributed by atoms with Crippen LogP contribution in [0.3, 0.4) is 0 Å². The average Bonchev–Trinajstić information content (AvgIpc) is 2.04. The number of halogens is 1. The third-order valence-corrected chi connectivity index (χ3v) is 3.59. The Bertz CT molecular complexity index is 95.0. The van der Waals surface area contributed by atoms with Crippen LogP contribution in [0.5, 0.6) is 0 Å². The van der Waals surface area contributed by atoms with E-state index in [2.05, 4.69) is 34.4 Å². The number of nitrogens with zero attached hydrogens (tertiary/aromatic N) is 1. The molecule has 0 spiro atoms. The van der Waals surface area contributed by atoms with Crippen molar-refractivity contribution < 1.29 is 0 Å². The second kappa shape index (κ2) is 5.36. The van der Waals surface area contributed by atoms with Crippen molar-refractivity contribution in [3.05, 3.63) is 0 Å². The first-order valence-electron chi connectivity index (χ1n) is 4.69. The molecule has 1 saturated heterocycles. The van der Waals surface area contributed by atoms with Crippen LogP contribution in [0.2, 0.25) is 0 Å². The lowest BCUT2D eigenvalue weighted by Gasteiger charge is -2.29. The summed E-state index contributed by atoms with van der Waals surface area (Å²) >= 11 is 2.58. The number of unbranched alkanes of at least 4 members (excludes halogenated alkanes) is 1. The van der Waals surface area contributed by atoms with Crippen molar-refractivity contribution >= 4 is 22.6 Å². The van der Waals surface area contributed by atoms with E-state index in [4.69, 9.17) is 0 Å². The summed E-state index contributed by atoms with van der Waals surface area (Å²) in [5.74, 6) is 0. The molecule has 1 fully saturated rings. The molecule has 0 radical (unpaired) electrons. The molecule has 11 heavy (non-hydrogen) atoms. The van der Waals surface area contributed by atoms with E-state index >= 15 is 0 Å². The number of piperidine rings is 1. The Morgan fingerprint density at radius 1 is 1.36 bits per heavy atom. The summed E-state index contributed by atoms with van der Waals surface area (Å²) in [4.78, 5) is 2.61. The van der Waals surface area contributed by atoms with Gasteiger partial charge in [0, 0.05) is 3.92 Å². The second-order valence-corrected chi connectivity index (χ2v) is 5.13. The molecule has 1 aliphatic heterocycles. The van der Waals surface area contributed by atoms with Crippen LogP contribution in [0.15, 0.2) is 0 Å². The normalized spacial score (nSPS) is 22.4. The van der Waals surface area contributed by atoms with E-state index in [0.717, 1.165) is 3.92 Å². The van der Waals surface area contributed by atoms with E-state index in [1.807, 2.05) is 0 Å². The van der Waals surface area contributed by atoms with Gasteiger partial charge in [-0.1, -0.05) is 35.9 Å². The fraction of sp³-hybridized carbons (Fsp3) is 1.00. The lowest BCUT2D eigenvalue weighted by molar-refractivity contribution is 0.233. The van der Waals surface area contributed by atoms with Gasteiger partial charge in [0.05, 0.1) is 0 Å². The SMILES string of the molecule is CCCCN1CCC(I)CC1. The lowest BCUT2D eigenvalue weighted by Crippen LogP contribution is -2.34. The summed E-state index contributed by atoms with van der Waals surface area (Å²) in [5.41, 5.74) is 0. The minimum absolute atomic E-state index is 0.950. The zero-order valence-corrected chi connectivity index (χ0v) is 9.51. The number of likely N-dealkylation sites (tertiary alicyclic amines) is 1. The van der Waals surface area contributed by atoms with Crippen LogP contribution in [-0.4, -0.2) is 28.5 Å². The maximum Gasteiger partial charge on any atom is 0.0134 e. The van der Waals surface area contributed by atoms with Crippen molar-refractivity contribution in [1.82, 2.24) is 4.90 Å². The Hall–Kier alpha value is 0.690. The first kappa shape index (κ1) is 9.78. The molecule has 0 bridgehead atoms. The van der Waals surface area contributed by atoms with Gasteiger partial charge in [0.25, 0.3) is 0 Å². The Kier molecular flexibility index (Phi) is 4.76. The van der Waals surface area contributed by atoms with E-state index in [-0.39, 0.29) is 0 Å². The summed E-state index contributed by atoms with van der Waals surface area (Å²) in [6.07, 6.45) is 5.53. The van der Waals surface area contributed by atoms with Gasteiger partial charge in [0.1, 0.15) is 0 Å². The standard InChI is InChI=1S/C9H18IN/c1-2-3-6-11-7-4-9(10)5-8-11/h9H,2-8H2,1H3. The number of hydrogen-bond acceptors (Lipinski definition) is 1. The molecular weight excluding hydrogens is 249 g/mol. The van der Waals surface area contributed by atoms with E-state index < -0.39 is 0 Å². The van der Waals surface area contributed by atoms with Crippen LogP contribution in [0, 0.1) is 0 Å². The van der Waals surface area contributed by atoms with E-state index in [9.17, 15) is 0 Å². The molecule has 1 rings (SSSR count). The average molecular weight is 267 g/mol. The van der Waals surface area contributed by atoms with E-state index in [1.54, 1.807) is 0 Å². The molecule has 66 valence electrons. The van der Waals surface area contributed by atoms with Crippen LogP contribution in [-0.2, 0) is 0 Å². The molecule has 0 saturated carbocycles. The van der Waals surface area contributed by atoms with Gasteiger partial charge in [-0.05, 0) is 38.9 Å². The molecule has 0 N–H and O–H groups in total. The van der Waals surface area contributed by atoms with Crippen LogP contribution in [0.25, 0.3) is 0 Å². The summed E-state index contributed by atoms with van der Waals surface area (Å²) in [7, 11) is 0. The largest absolute Gasteiger partial charge is 0.303 e. The molecule has 0 amide bonds. The summed E-state index contributed by atoms with van der Waals surface area (Å²) in [6, 6.07) is 0. The van der Waals surface area contributed by atoms with Crippen LogP contribution in [0.4, 0.5) is 0 Å². The minimum atomic E-state index is 0.950. The predicted molar refractivity (Wildman–Crippen MR) is 58.4 cm³/mol. The molecule has 0 aromatic carbocycles. The maximum absolute atomic E-state index is 2.61. The minimum Gasteiger partial charge on any atom is -0.303 e. The quantitative estimate of drug-likeness (QED) is 0.561. The highest BCUT2D eigenvalue weighted by Gasteiger charge is 2.15. The summed E-state index contributed by atoms with van der Waals surface area (Å²) in [6.45, 7) is 6.28. The third kappa shape index (κ3) is 3.74. The highest BCUT2D eigenvalue weighted by Crippen LogP contribution is 2.17. The zero-order valence-electron chi connectivity index (χ0n) is 7.35. The van der Waals surface area contributed by atoms with Gasteiger partial charge < -0.3 is 4.90 Å². The molecule has 1 nitrogen and oxygen atoms in total. The van der Waals surface area contributed by atoms with Crippen LogP contribution in [0.1, 0.15) is 32.6 Å². The first-order chi connectivity index (χ1) is 5.33. The number of rotatable bonds is 3.